The van der Waals surface area contributed by atoms with Gasteiger partial charge in [-0.05, 0) is 33.3 Å². The minimum atomic E-state index is 0.327. The molecular weight excluding hydrogens is 252 g/mol. The molecule has 0 saturated heterocycles. The van der Waals surface area contributed by atoms with Crippen LogP contribution in [0.15, 0.2) is 16.7 Å². The molecule has 1 N–H and O–H groups in total. The summed E-state index contributed by atoms with van der Waals surface area (Å²) in [6, 6.07) is 4.46. The van der Waals surface area contributed by atoms with Gasteiger partial charge in [-0.1, -0.05) is 18.5 Å². The van der Waals surface area contributed by atoms with Gasteiger partial charge in [0.05, 0.1) is 24.5 Å². The van der Waals surface area contributed by atoms with Crippen molar-refractivity contribution in [1.29, 1.82) is 0 Å². The van der Waals surface area contributed by atoms with Crippen molar-refractivity contribution >= 4 is 0 Å². The molecule has 0 saturated carbocycles. The zero-order valence-electron chi connectivity index (χ0n) is 12.8. The number of nitrogens with one attached hydrogen (secondary N) is 1. The van der Waals surface area contributed by atoms with Crippen molar-refractivity contribution in [2.75, 3.05) is 0 Å². The van der Waals surface area contributed by atoms with Crippen LogP contribution in [-0.2, 0) is 19.5 Å². The second-order valence-corrected chi connectivity index (χ2v) is 5.43. The maximum atomic E-state index is 5.31. The highest BCUT2D eigenvalue weighted by Crippen LogP contribution is 2.07. The fourth-order valence-corrected chi connectivity index (χ4v) is 2.27. The van der Waals surface area contributed by atoms with E-state index in [1.807, 2.05) is 17.7 Å². The Labute approximate surface area is 120 Å². The Morgan fingerprint density at radius 1 is 1.35 bits per heavy atom. The van der Waals surface area contributed by atoms with Crippen molar-refractivity contribution in [3.05, 3.63) is 35.0 Å². The van der Waals surface area contributed by atoms with Crippen molar-refractivity contribution in [3.63, 3.8) is 0 Å². The van der Waals surface area contributed by atoms with Crippen molar-refractivity contribution in [1.82, 2.24) is 20.3 Å². The van der Waals surface area contributed by atoms with Crippen LogP contribution in [0.1, 0.15) is 43.1 Å². The Morgan fingerprint density at radius 3 is 2.80 bits per heavy atom. The summed E-state index contributed by atoms with van der Waals surface area (Å²) in [6.07, 6.45) is 2.07. The molecule has 2 rings (SSSR count). The molecule has 20 heavy (non-hydrogen) atoms. The summed E-state index contributed by atoms with van der Waals surface area (Å²) >= 11 is 0. The van der Waals surface area contributed by atoms with E-state index in [2.05, 4.69) is 42.4 Å². The molecule has 0 fully saturated rings. The Bertz CT molecular complexity index is 544. The van der Waals surface area contributed by atoms with Gasteiger partial charge in [0.2, 0.25) is 0 Å². The van der Waals surface area contributed by atoms with Gasteiger partial charge in [-0.3, -0.25) is 4.68 Å². The Balaban J connectivity index is 1.82. The second kappa shape index (κ2) is 6.70. The summed E-state index contributed by atoms with van der Waals surface area (Å²) in [4.78, 5) is 0. The van der Waals surface area contributed by atoms with Gasteiger partial charge in [0.15, 0.2) is 5.76 Å². The van der Waals surface area contributed by atoms with E-state index in [9.17, 15) is 0 Å². The Kier molecular flexibility index (Phi) is 4.95. The average Bonchev–Trinajstić information content (AvgIpc) is 2.95. The monoisotopic (exact) mass is 276 g/mol. The molecule has 110 valence electrons. The number of aryl methyl sites for hydroxylation is 3. The van der Waals surface area contributed by atoms with Crippen LogP contribution in [-0.4, -0.2) is 21.0 Å². The molecule has 0 aliphatic carbocycles. The van der Waals surface area contributed by atoms with Crippen LogP contribution in [0.5, 0.6) is 0 Å². The highest BCUT2D eigenvalue weighted by Gasteiger charge is 2.09. The van der Waals surface area contributed by atoms with E-state index in [-0.39, 0.29) is 0 Å². The first-order valence-corrected chi connectivity index (χ1v) is 7.27. The van der Waals surface area contributed by atoms with E-state index in [1.54, 1.807) is 0 Å². The molecule has 0 radical (unpaired) electrons. The first kappa shape index (κ1) is 14.8. The van der Waals surface area contributed by atoms with Crippen molar-refractivity contribution < 1.29 is 4.52 Å². The van der Waals surface area contributed by atoms with Gasteiger partial charge in [0.25, 0.3) is 0 Å². The van der Waals surface area contributed by atoms with Gasteiger partial charge >= 0.3 is 0 Å². The second-order valence-electron chi connectivity index (χ2n) is 5.43. The summed E-state index contributed by atoms with van der Waals surface area (Å²) in [5, 5.41) is 12.0. The van der Waals surface area contributed by atoms with Gasteiger partial charge < -0.3 is 9.84 Å². The maximum Gasteiger partial charge on any atom is 0.150 e. The number of hydrogen-bond acceptors (Lipinski definition) is 4. The number of rotatable bonds is 7. The topological polar surface area (TPSA) is 55.9 Å². The molecule has 1 unspecified atom stereocenters. The lowest BCUT2D eigenvalue weighted by Crippen LogP contribution is -2.30. The van der Waals surface area contributed by atoms with E-state index < -0.39 is 0 Å². The van der Waals surface area contributed by atoms with Gasteiger partial charge in [-0.2, -0.15) is 5.10 Å². The Morgan fingerprint density at radius 2 is 2.15 bits per heavy atom. The molecular formula is C15H24N4O. The molecule has 5 nitrogen and oxygen atoms in total. The molecule has 0 spiro atoms. The van der Waals surface area contributed by atoms with E-state index in [0.29, 0.717) is 12.6 Å². The van der Waals surface area contributed by atoms with Gasteiger partial charge in [-0.25, -0.2) is 0 Å². The minimum Gasteiger partial charge on any atom is -0.360 e. The molecule has 1 atom stereocenters. The molecule has 0 aromatic carbocycles. The third-order valence-electron chi connectivity index (χ3n) is 3.29. The molecule has 0 aliphatic rings. The van der Waals surface area contributed by atoms with Crippen LogP contribution >= 0.6 is 0 Å². The van der Waals surface area contributed by atoms with E-state index in [0.717, 1.165) is 36.5 Å². The van der Waals surface area contributed by atoms with E-state index >= 15 is 0 Å². The molecule has 5 heteroatoms. The zero-order chi connectivity index (χ0) is 14.5. The molecule has 2 heterocycles. The number of nitrogens with zero attached hydrogens (tertiary/aromatic N) is 3. The third-order valence-corrected chi connectivity index (χ3v) is 3.29. The fourth-order valence-electron chi connectivity index (χ4n) is 2.27. The summed E-state index contributed by atoms with van der Waals surface area (Å²) in [5.74, 6) is 0.897. The summed E-state index contributed by atoms with van der Waals surface area (Å²) in [7, 11) is 0. The van der Waals surface area contributed by atoms with Crippen LogP contribution < -0.4 is 5.32 Å². The summed E-state index contributed by atoms with van der Waals surface area (Å²) in [6.45, 7) is 9.96. The fraction of sp³-hybridized carbons (Fsp3) is 0.600. The predicted molar refractivity (Wildman–Crippen MR) is 78.5 cm³/mol. The Hall–Kier alpha value is -1.62. The quantitative estimate of drug-likeness (QED) is 0.844. The minimum absolute atomic E-state index is 0.327. The van der Waals surface area contributed by atoms with Crippen molar-refractivity contribution in [3.8, 4) is 0 Å². The van der Waals surface area contributed by atoms with Crippen molar-refractivity contribution in [2.24, 2.45) is 0 Å². The van der Waals surface area contributed by atoms with E-state index in [4.69, 9.17) is 4.52 Å². The van der Waals surface area contributed by atoms with Crippen LogP contribution in [0.3, 0.4) is 0 Å². The third kappa shape index (κ3) is 3.93. The lowest BCUT2D eigenvalue weighted by Gasteiger charge is -2.13. The first-order valence-electron chi connectivity index (χ1n) is 7.27. The lowest BCUT2D eigenvalue weighted by atomic mass is 10.2. The smallest absolute Gasteiger partial charge is 0.150 e. The van der Waals surface area contributed by atoms with Crippen LogP contribution in [0.4, 0.5) is 0 Å². The zero-order valence-corrected chi connectivity index (χ0v) is 12.8. The van der Waals surface area contributed by atoms with Crippen molar-refractivity contribution in [2.45, 2.75) is 59.7 Å². The van der Waals surface area contributed by atoms with Crippen LogP contribution in [0.25, 0.3) is 0 Å². The predicted octanol–water partition coefficient (Wildman–Crippen LogP) is 2.62. The average molecular weight is 276 g/mol. The normalized spacial score (nSPS) is 12.8. The number of aromatic nitrogens is 3. The van der Waals surface area contributed by atoms with Gasteiger partial charge in [0.1, 0.15) is 0 Å². The standard InChI is InChI=1S/C15H24N4O/c1-5-6-14-8-15(20-18-14)9-16-12(3)10-19-13(4)7-11(2)17-19/h7-8,12,16H,5-6,9-10H2,1-4H3. The lowest BCUT2D eigenvalue weighted by molar-refractivity contribution is 0.351. The maximum absolute atomic E-state index is 5.31. The number of hydrogen-bond donors (Lipinski definition) is 1. The van der Waals surface area contributed by atoms with Crippen LogP contribution in [0, 0.1) is 13.8 Å². The van der Waals surface area contributed by atoms with Gasteiger partial charge in [-0.15, -0.1) is 0 Å². The summed E-state index contributed by atoms with van der Waals surface area (Å²) in [5.41, 5.74) is 3.30. The highest BCUT2D eigenvalue weighted by atomic mass is 16.5. The first-order chi connectivity index (χ1) is 9.58. The molecule has 0 bridgehead atoms. The molecule has 2 aromatic rings. The SMILES string of the molecule is CCCc1cc(CNC(C)Cn2nc(C)cc2C)on1. The molecule has 2 aromatic heterocycles. The van der Waals surface area contributed by atoms with E-state index in [1.165, 1.54) is 5.69 Å². The molecule has 0 aliphatic heterocycles. The highest BCUT2D eigenvalue weighted by molar-refractivity contribution is 5.07. The van der Waals surface area contributed by atoms with Gasteiger partial charge in [0, 0.05) is 17.8 Å². The molecule has 0 amide bonds. The van der Waals surface area contributed by atoms with Crippen LogP contribution in [0.2, 0.25) is 0 Å². The largest absolute Gasteiger partial charge is 0.360 e. The summed E-state index contributed by atoms with van der Waals surface area (Å²) < 4.78 is 7.35.